The lowest BCUT2D eigenvalue weighted by Crippen LogP contribution is -2.47. The number of rotatable bonds is 7. The zero-order valence-electron chi connectivity index (χ0n) is 11.6. The Kier molecular flexibility index (Phi) is 5.86. The Bertz CT molecular complexity index is 350. The summed E-state index contributed by atoms with van der Waals surface area (Å²) in [6, 6.07) is 9.55. The van der Waals surface area contributed by atoms with E-state index in [-0.39, 0.29) is 11.4 Å². The second kappa shape index (κ2) is 7.17. The summed E-state index contributed by atoms with van der Waals surface area (Å²) in [4.78, 5) is 11.8. The van der Waals surface area contributed by atoms with Crippen LogP contribution in [0.25, 0.3) is 0 Å². The van der Waals surface area contributed by atoms with Crippen molar-refractivity contribution >= 4 is 11.6 Å². The average Bonchev–Trinajstić information content (AvgIpc) is 2.42. The maximum absolute atomic E-state index is 11.8. The van der Waals surface area contributed by atoms with Crippen LogP contribution < -0.4 is 10.6 Å². The molecule has 0 radical (unpaired) electrons. The maximum Gasteiger partial charge on any atom is 0.238 e. The highest BCUT2D eigenvalue weighted by Crippen LogP contribution is 2.18. The zero-order valence-corrected chi connectivity index (χ0v) is 11.6. The van der Waals surface area contributed by atoms with Crippen LogP contribution in [0.1, 0.15) is 40.0 Å². The van der Waals surface area contributed by atoms with Crippen molar-refractivity contribution in [1.29, 1.82) is 0 Å². The summed E-state index contributed by atoms with van der Waals surface area (Å²) in [7, 11) is 0. The standard InChI is InChI=1S/C15H24N2O/c1-4-15(5-2,6-3)16-12-14(18)17-13-10-8-7-9-11-13/h7-11,16H,4-6,12H2,1-3H3,(H,17,18). The first-order chi connectivity index (χ1) is 8.65. The van der Waals surface area contributed by atoms with E-state index in [1.807, 2.05) is 30.3 Å². The van der Waals surface area contributed by atoms with Crippen molar-refractivity contribution in [3.63, 3.8) is 0 Å². The third-order valence-corrected chi connectivity index (χ3v) is 3.71. The van der Waals surface area contributed by atoms with Gasteiger partial charge in [-0.3, -0.25) is 4.79 Å². The minimum Gasteiger partial charge on any atom is -0.325 e. The Morgan fingerprint density at radius 1 is 1.06 bits per heavy atom. The molecule has 0 aliphatic carbocycles. The van der Waals surface area contributed by atoms with Crippen LogP contribution in [0.4, 0.5) is 5.69 Å². The summed E-state index contributed by atoms with van der Waals surface area (Å²) in [6.45, 7) is 6.85. The van der Waals surface area contributed by atoms with Crippen LogP contribution >= 0.6 is 0 Å². The Balaban J connectivity index is 2.46. The molecule has 0 aromatic heterocycles. The Morgan fingerprint density at radius 3 is 2.11 bits per heavy atom. The molecule has 1 aromatic carbocycles. The van der Waals surface area contributed by atoms with Gasteiger partial charge in [0.15, 0.2) is 0 Å². The van der Waals surface area contributed by atoms with E-state index in [0.29, 0.717) is 6.54 Å². The van der Waals surface area contributed by atoms with Crippen LogP contribution in [0, 0.1) is 0 Å². The Labute approximate surface area is 110 Å². The molecule has 100 valence electrons. The van der Waals surface area contributed by atoms with Gasteiger partial charge in [0.2, 0.25) is 5.91 Å². The zero-order chi connectivity index (χ0) is 13.4. The van der Waals surface area contributed by atoms with Gasteiger partial charge in [0, 0.05) is 11.2 Å². The Hall–Kier alpha value is -1.35. The minimum atomic E-state index is 0.0147. The third kappa shape index (κ3) is 4.15. The molecule has 1 amide bonds. The van der Waals surface area contributed by atoms with Crippen LogP contribution in [0.2, 0.25) is 0 Å². The van der Waals surface area contributed by atoms with Gasteiger partial charge in [-0.1, -0.05) is 39.0 Å². The molecule has 0 heterocycles. The number of nitrogens with one attached hydrogen (secondary N) is 2. The molecule has 3 nitrogen and oxygen atoms in total. The van der Waals surface area contributed by atoms with Gasteiger partial charge in [0.05, 0.1) is 6.54 Å². The van der Waals surface area contributed by atoms with Crippen molar-refractivity contribution in [2.75, 3.05) is 11.9 Å². The average molecular weight is 248 g/mol. The number of carbonyl (C=O) groups excluding carboxylic acids is 1. The lowest BCUT2D eigenvalue weighted by Gasteiger charge is -2.31. The van der Waals surface area contributed by atoms with E-state index in [1.165, 1.54) is 0 Å². The first-order valence-electron chi connectivity index (χ1n) is 6.75. The smallest absolute Gasteiger partial charge is 0.238 e. The van der Waals surface area contributed by atoms with Gasteiger partial charge in [0.25, 0.3) is 0 Å². The number of amides is 1. The summed E-state index contributed by atoms with van der Waals surface area (Å²) >= 11 is 0. The molecule has 0 spiro atoms. The number of benzene rings is 1. The molecule has 1 rings (SSSR count). The van der Waals surface area contributed by atoms with Gasteiger partial charge in [-0.15, -0.1) is 0 Å². The first-order valence-corrected chi connectivity index (χ1v) is 6.75. The summed E-state index contributed by atoms with van der Waals surface area (Å²) in [5, 5.41) is 6.28. The monoisotopic (exact) mass is 248 g/mol. The fourth-order valence-corrected chi connectivity index (χ4v) is 2.12. The van der Waals surface area contributed by atoms with Crippen molar-refractivity contribution in [2.45, 2.75) is 45.6 Å². The van der Waals surface area contributed by atoms with E-state index in [2.05, 4.69) is 31.4 Å². The summed E-state index contributed by atoms with van der Waals surface area (Å²) < 4.78 is 0. The second-order valence-electron chi connectivity index (χ2n) is 4.61. The predicted molar refractivity (Wildman–Crippen MR) is 76.7 cm³/mol. The van der Waals surface area contributed by atoms with E-state index in [9.17, 15) is 4.79 Å². The number of hydrogen-bond donors (Lipinski definition) is 2. The fraction of sp³-hybridized carbons (Fsp3) is 0.533. The van der Waals surface area contributed by atoms with Gasteiger partial charge >= 0.3 is 0 Å². The second-order valence-corrected chi connectivity index (χ2v) is 4.61. The quantitative estimate of drug-likeness (QED) is 0.778. The van der Waals surface area contributed by atoms with Crippen LogP contribution in [0.5, 0.6) is 0 Å². The molecule has 18 heavy (non-hydrogen) atoms. The predicted octanol–water partition coefficient (Wildman–Crippen LogP) is 3.18. The summed E-state index contributed by atoms with van der Waals surface area (Å²) in [6.07, 6.45) is 3.12. The lowest BCUT2D eigenvalue weighted by atomic mass is 9.90. The molecule has 0 aliphatic heterocycles. The molecule has 0 atom stereocenters. The molecule has 1 aromatic rings. The van der Waals surface area contributed by atoms with E-state index in [0.717, 1.165) is 24.9 Å². The SMILES string of the molecule is CCC(CC)(CC)NCC(=O)Nc1ccccc1. The molecular weight excluding hydrogens is 224 g/mol. The van der Waals surface area contributed by atoms with Crippen LogP contribution in [0.15, 0.2) is 30.3 Å². The van der Waals surface area contributed by atoms with Crippen LogP contribution in [-0.4, -0.2) is 18.0 Å². The first kappa shape index (κ1) is 14.7. The highest BCUT2D eigenvalue weighted by molar-refractivity contribution is 5.92. The summed E-state index contributed by atoms with van der Waals surface area (Å²) in [5.41, 5.74) is 0.938. The fourth-order valence-electron chi connectivity index (χ4n) is 2.12. The van der Waals surface area contributed by atoms with Crippen molar-refractivity contribution in [2.24, 2.45) is 0 Å². The van der Waals surface area contributed by atoms with E-state index in [1.54, 1.807) is 0 Å². The van der Waals surface area contributed by atoms with Crippen molar-refractivity contribution in [3.8, 4) is 0 Å². The van der Waals surface area contributed by atoms with Crippen molar-refractivity contribution in [3.05, 3.63) is 30.3 Å². The number of anilines is 1. The molecule has 0 saturated heterocycles. The molecule has 0 saturated carbocycles. The van der Waals surface area contributed by atoms with Gasteiger partial charge in [-0.2, -0.15) is 0 Å². The van der Waals surface area contributed by atoms with Gasteiger partial charge in [-0.25, -0.2) is 0 Å². The molecule has 2 N–H and O–H groups in total. The van der Waals surface area contributed by atoms with Crippen LogP contribution in [0.3, 0.4) is 0 Å². The third-order valence-electron chi connectivity index (χ3n) is 3.71. The Morgan fingerprint density at radius 2 is 1.61 bits per heavy atom. The number of hydrogen-bond acceptors (Lipinski definition) is 2. The molecule has 0 fully saturated rings. The molecule has 0 bridgehead atoms. The van der Waals surface area contributed by atoms with E-state index in [4.69, 9.17) is 0 Å². The largest absolute Gasteiger partial charge is 0.325 e. The lowest BCUT2D eigenvalue weighted by molar-refractivity contribution is -0.115. The molecule has 0 aliphatic rings. The molecule has 0 unspecified atom stereocenters. The van der Waals surface area contributed by atoms with E-state index >= 15 is 0 Å². The minimum absolute atomic E-state index is 0.0147. The number of para-hydroxylation sites is 1. The van der Waals surface area contributed by atoms with Gasteiger partial charge in [0.1, 0.15) is 0 Å². The van der Waals surface area contributed by atoms with Gasteiger partial charge < -0.3 is 10.6 Å². The van der Waals surface area contributed by atoms with Crippen LogP contribution in [-0.2, 0) is 4.79 Å². The van der Waals surface area contributed by atoms with E-state index < -0.39 is 0 Å². The molecular formula is C15H24N2O. The topological polar surface area (TPSA) is 41.1 Å². The van der Waals surface area contributed by atoms with Gasteiger partial charge in [-0.05, 0) is 31.4 Å². The molecule has 3 heteroatoms. The highest BCUT2D eigenvalue weighted by Gasteiger charge is 2.23. The number of carbonyl (C=O) groups is 1. The summed E-state index contributed by atoms with van der Waals surface area (Å²) in [5.74, 6) is 0.0147. The van der Waals surface area contributed by atoms with Crippen molar-refractivity contribution in [1.82, 2.24) is 5.32 Å². The van der Waals surface area contributed by atoms with Crippen molar-refractivity contribution < 1.29 is 4.79 Å². The maximum atomic E-state index is 11.8. The normalized spacial score (nSPS) is 11.3. The highest BCUT2D eigenvalue weighted by atomic mass is 16.1.